The second kappa shape index (κ2) is 4.76. The predicted molar refractivity (Wildman–Crippen MR) is 72.4 cm³/mol. The molecule has 0 aromatic heterocycles. The van der Waals surface area contributed by atoms with Crippen molar-refractivity contribution in [2.75, 3.05) is 0 Å². The maximum absolute atomic E-state index is 5.99. The second-order valence-corrected chi connectivity index (χ2v) is 5.28. The lowest BCUT2D eigenvalue weighted by molar-refractivity contribution is 0.450. The highest BCUT2D eigenvalue weighted by Gasteiger charge is 2.22. The van der Waals surface area contributed by atoms with Crippen molar-refractivity contribution < 1.29 is 0 Å². The quantitative estimate of drug-likeness (QED) is 0.703. The summed E-state index contributed by atoms with van der Waals surface area (Å²) in [5, 5.41) is 6.83. The normalized spacial score (nSPS) is 25.0. The summed E-state index contributed by atoms with van der Waals surface area (Å²) in [6, 6.07) is 0. The Balaban J connectivity index is 2.46. The van der Waals surface area contributed by atoms with Gasteiger partial charge in [0.25, 0.3) is 0 Å². The zero-order valence-electron chi connectivity index (χ0n) is 9.37. The van der Waals surface area contributed by atoms with Crippen LogP contribution in [0.15, 0.2) is 39.2 Å². The van der Waals surface area contributed by atoms with E-state index in [1.807, 2.05) is 11.1 Å². The van der Waals surface area contributed by atoms with Gasteiger partial charge in [0.05, 0.1) is 5.70 Å². The van der Waals surface area contributed by atoms with Crippen molar-refractivity contribution in [1.82, 2.24) is 5.01 Å². The molecule has 0 aromatic carbocycles. The van der Waals surface area contributed by atoms with Gasteiger partial charge < -0.3 is 0 Å². The summed E-state index contributed by atoms with van der Waals surface area (Å²) in [6.45, 7) is 4.35. The molecule has 0 aliphatic carbocycles. The smallest absolute Gasteiger partial charge is 0.151 e. The first-order valence-electron chi connectivity index (χ1n) is 5.44. The fourth-order valence-corrected chi connectivity index (χ4v) is 2.76. The highest BCUT2D eigenvalue weighted by molar-refractivity contribution is 9.12. The Hall–Kier alpha value is -0.540. The zero-order chi connectivity index (χ0) is 11.7. The maximum Gasteiger partial charge on any atom is 0.151 e. The van der Waals surface area contributed by atoms with Gasteiger partial charge in [-0.3, -0.25) is 0 Å². The standard InChI is InChI=1S/C12H14BrClN2/c1-3-9-6-8(2)4-5-11-10(13)7-12(14)15-16(9)11/h5-8H,3-4H2,1-2H3. The third-order valence-electron chi connectivity index (χ3n) is 2.71. The van der Waals surface area contributed by atoms with Crippen LogP contribution in [0.1, 0.15) is 26.7 Å². The van der Waals surface area contributed by atoms with E-state index in [1.165, 1.54) is 5.70 Å². The van der Waals surface area contributed by atoms with Crippen molar-refractivity contribution in [2.45, 2.75) is 26.7 Å². The number of rotatable bonds is 1. The van der Waals surface area contributed by atoms with Crippen LogP contribution in [0.4, 0.5) is 0 Å². The molecule has 0 fully saturated rings. The van der Waals surface area contributed by atoms with E-state index >= 15 is 0 Å². The second-order valence-electron chi connectivity index (χ2n) is 4.04. The minimum atomic E-state index is 0.512. The van der Waals surface area contributed by atoms with Crippen LogP contribution in [-0.2, 0) is 0 Å². The first-order chi connectivity index (χ1) is 7.61. The fraction of sp³-hybridized carbons (Fsp3) is 0.417. The molecule has 2 rings (SSSR count). The molecule has 0 aromatic rings. The SMILES string of the molecule is CCC1=CC(C)CC=C2C(Br)=CC(Cl)=NN12. The molecule has 86 valence electrons. The molecule has 1 unspecified atom stereocenters. The number of nitrogens with zero attached hydrogens (tertiary/aromatic N) is 2. The molecule has 0 N–H and O–H groups in total. The van der Waals surface area contributed by atoms with E-state index in [4.69, 9.17) is 11.6 Å². The molecule has 0 saturated heterocycles. The Morgan fingerprint density at radius 1 is 1.62 bits per heavy atom. The third kappa shape index (κ3) is 2.25. The van der Waals surface area contributed by atoms with E-state index in [0.29, 0.717) is 11.1 Å². The van der Waals surface area contributed by atoms with Crippen molar-refractivity contribution in [1.29, 1.82) is 0 Å². The number of hydrogen-bond donors (Lipinski definition) is 0. The van der Waals surface area contributed by atoms with Gasteiger partial charge in [-0.2, -0.15) is 5.10 Å². The van der Waals surface area contributed by atoms with E-state index in [9.17, 15) is 0 Å². The third-order valence-corrected chi connectivity index (χ3v) is 3.53. The molecule has 0 amide bonds. The van der Waals surface area contributed by atoms with Crippen LogP contribution < -0.4 is 0 Å². The van der Waals surface area contributed by atoms with Crippen LogP contribution in [0.5, 0.6) is 0 Å². The molecule has 0 saturated carbocycles. The monoisotopic (exact) mass is 300 g/mol. The average molecular weight is 302 g/mol. The number of allylic oxidation sites excluding steroid dienone is 5. The largest absolute Gasteiger partial charge is 0.236 e. The van der Waals surface area contributed by atoms with Crippen molar-refractivity contribution in [3.8, 4) is 0 Å². The Bertz CT molecular complexity index is 421. The van der Waals surface area contributed by atoms with E-state index < -0.39 is 0 Å². The maximum atomic E-state index is 5.99. The van der Waals surface area contributed by atoms with Crippen LogP contribution in [0.25, 0.3) is 0 Å². The van der Waals surface area contributed by atoms with Crippen LogP contribution >= 0.6 is 27.5 Å². The highest BCUT2D eigenvalue weighted by Crippen LogP contribution is 2.34. The Kier molecular flexibility index (Phi) is 3.55. The van der Waals surface area contributed by atoms with E-state index in [0.717, 1.165) is 23.0 Å². The molecular weight excluding hydrogens is 288 g/mol. The summed E-state index contributed by atoms with van der Waals surface area (Å²) in [4.78, 5) is 0. The number of hydrogen-bond acceptors (Lipinski definition) is 2. The average Bonchev–Trinajstić information content (AvgIpc) is 2.38. The van der Waals surface area contributed by atoms with E-state index in [1.54, 1.807) is 0 Å². The molecule has 2 aliphatic rings. The Labute approximate surface area is 109 Å². The number of halogens is 2. The molecule has 2 nitrogen and oxygen atoms in total. The van der Waals surface area contributed by atoms with Gasteiger partial charge in [-0.05, 0) is 40.8 Å². The lowest BCUT2D eigenvalue weighted by atomic mass is 10.1. The summed E-state index contributed by atoms with van der Waals surface area (Å²) in [5.41, 5.74) is 2.31. The summed E-state index contributed by atoms with van der Waals surface area (Å²) >= 11 is 9.53. The minimum Gasteiger partial charge on any atom is -0.236 e. The van der Waals surface area contributed by atoms with Gasteiger partial charge in [-0.15, -0.1) is 0 Å². The van der Waals surface area contributed by atoms with Crippen molar-refractivity contribution in [3.05, 3.63) is 34.1 Å². The predicted octanol–water partition coefficient (Wildman–Crippen LogP) is 4.35. The lowest BCUT2D eigenvalue weighted by Gasteiger charge is -2.26. The highest BCUT2D eigenvalue weighted by atomic mass is 79.9. The Morgan fingerprint density at radius 2 is 2.38 bits per heavy atom. The van der Waals surface area contributed by atoms with Crippen LogP contribution in [0.2, 0.25) is 0 Å². The molecule has 0 radical (unpaired) electrons. The molecule has 0 bridgehead atoms. The molecule has 2 aliphatic heterocycles. The van der Waals surface area contributed by atoms with E-state index in [-0.39, 0.29) is 0 Å². The van der Waals surface area contributed by atoms with Gasteiger partial charge in [0, 0.05) is 10.2 Å². The van der Waals surface area contributed by atoms with Crippen LogP contribution in [0.3, 0.4) is 0 Å². The summed E-state index contributed by atoms with van der Waals surface area (Å²) in [6.07, 6.45) is 8.30. The molecule has 16 heavy (non-hydrogen) atoms. The topological polar surface area (TPSA) is 15.6 Å². The minimum absolute atomic E-state index is 0.512. The van der Waals surface area contributed by atoms with Gasteiger partial charge >= 0.3 is 0 Å². The van der Waals surface area contributed by atoms with Gasteiger partial charge in [0.15, 0.2) is 5.17 Å². The van der Waals surface area contributed by atoms with Gasteiger partial charge in [-0.1, -0.05) is 37.6 Å². The van der Waals surface area contributed by atoms with Crippen LogP contribution in [-0.4, -0.2) is 10.2 Å². The first kappa shape index (κ1) is 11.9. The number of hydrazone groups is 1. The zero-order valence-corrected chi connectivity index (χ0v) is 11.7. The molecule has 2 heterocycles. The van der Waals surface area contributed by atoms with Gasteiger partial charge in [0.2, 0.25) is 0 Å². The van der Waals surface area contributed by atoms with Gasteiger partial charge in [0.1, 0.15) is 0 Å². The summed E-state index contributed by atoms with van der Waals surface area (Å²) in [7, 11) is 0. The fourth-order valence-electron chi connectivity index (χ4n) is 1.89. The van der Waals surface area contributed by atoms with Crippen molar-refractivity contribution in [2.24, 2.45) is 11.0 Å². The number of fused-ring (bicyclic) bond motifs is 1. The molecule has 0 spiro atoms. The molecule has 1 atom stereocenters. The Morgan fingerprint density at radius 3 is 3.06 bits per heavy atom. The van der Waals surface area contributed by atoms with Crippen molar-refractivity contribution in [3.63, 3.8) is 0 Å². The van der Waals surface area contributed by atoms with Crippen LogP contribution in [0, 0.1) is 5.92 Å². The lowest BCUT2D eigenvalue weighted by Crippen LogP contribution is -2.20. The van der Waals surface area contributed by atoms with Crippen molar-refractivity contribution >= 4 is 32.7 Å². The molecule has 4 heteroatoms. The van der Waals surface area contributed by atoms with E-state index in [2.05, 4.69) is 47.0 Å². The van der Waals surface area contributed by atoms with Gasteiger partial charge in [-0.25, -0.2) is 5.01 Å². The molecular formula is C12H14BrClN2. The summed E-state index contributed by atoms with van der Waals surface area (Å²) in [5.74, 6) is 0.544. The summed E-state index contributed by atoms with van der Waals surface area (Å²) < 4.78 is 1.00. The first-order valence-corrected chi connectivity index (χ1v) is 6.61.